The second kappa shape index (κ2) is 3.01. The number of carbonyl (C=O) groups excluding carboxylic acids is 1. The van der Waals surface area contributed by atoms with Gasteiger partial charge in [0.25, 0.3) is 0 Å². The summed E-state index contributed by atoms with van der Waals surface area (Å²) >= 11 is 0. The Morgan fingerprint density at radius 3 is 2.31 bits per heavy atom. The van der Waals surface area contributed by atoms with Gasteiger partial charge in [0.2, 0.25) is 0 Å². The van der Waals surface area contributed by atoms with Crippen LogP contribution in [0.2, 0.25) is 0 Å². The van der Waals surface area contributed by atoms with E-state index in [0.717, 1.165) is 0 Å². The summed E-state index contributed by atoms with van der Waals surface area (Å²) < 4.78 is 4.49. The summed E-state index contributed by atoms with van der Waals surface area (Å²) in [7, 11) is 1.31. The van der Waals surface area contributed by atoms with Crippen LogP contribution in [0.3, 0.4) is 0 Å². The number of rotatable bonds is 3. The minimum absolute atomic E-state index is 0.0718. The number of carboxylic acid groups (broad SMARTS) is 1. The van der Waals surface area contributed by atoms with Gasteiger partial charge in [-0.1, -0.05) is 13.8 Å². The Kier molecular flexibility index (Phi) is 2.32. The van der Waals surface area contributed by atoms with Crippen molar-refractivity contribution in [1.29, 1.82) is 0 Å². The third-order valence-electron chi connectivity index (χ3n) is 2.93. The Morgan fingerprint density at radius 1 is 1.46 bits per heavy atom. The number of carbonyl (C=O) groups is 2. The number of aliphatic carboxylic acids is 1. The second-order valence-corrected chi connectivity index (χ2v) is 4.02. The molecule has 1 fully saturated rings. The Labute approximate surface area is 76.9 Å². The van der Waals surface area contributed by atoms with Gasteiger partial charge >= 0.3 is 11.9 Å². The van der Waals surface area contributed by atoms with E-state index in [0.29, 0.717) is 0 Å². The third-order valence-corrected chi connectivity index (χ3v) is 2.93. The summed E-state index contributed by atoms with van der Waals surface area (Å²) in [4.78, 5) is 21.6. The van der Waals surface area contributed by atoms with Gasteiger partial charge in [-0.25, -0.2) is 0 Å². The third kappa shape index (κ3) is 1.66. The largest absolute Gasteiger partial charge is 0.481 e. The summed E-state index contributed by atoms with van der Waals surface area (Å²) in [6.07, 6.45) is 0.209. The average molecular weight is 186 g/mol. The van der Waals surface area contributed by atoms with Gasteiger partial charge in [0.05, 0.1) is 13.0 Å². The lowest BCUT2D eigenvalue weighted by Crippen LogP contribution is -2.05. The van der Waals surface area contributed by atoms with E-state index in [1.165, 1.54) is 7.11 Å². The summed E-state index contributed by atoms with van der Waals surface area (Å²) in [5, 5.41) is 8.79. The van der Waals surface area contributed by atoms with E-state index in [9.17, 15) is 9.59 Å². The molecule has 1 N–H and O–H groups in total. The lowest BCUT2D eigenvalue weighted by atomic mass is 10.1. The van der Waals surface area contributed by atoms with E-state index in [4.69, 9.17) is 5.11 Å². The van der Waals surface area contributed by atoms with Crippen LogP contribution in [0, 0.1) is 17.3 Å². The molecule has 0 saturated heterocycles. The van der Waals surface area contributed by atoms with E-state index in [1.54, 1.807) is 0 Å². The van der Waals surface area contributed by atoms with Crippen LogP contribution < -0.4 is 0 Å². The summed E-state index contributed by atoms with van der Waals surface area (Å²) in [5.41, 5.74) is -0.264. The SMILES string of the molecule is COC(=O)CC1C(C(=O)O)C1(C)C. The molecule has 0 aromatic rings. The molecule has 1 aliphatic carbocycles. The molecule has 1 aliphatic rings. The van der Waals surface area contributed by atoms with Crippen LogP contribution in [0.25, 0.3) is 0 Å². The Bertz CT molecular complexity index is 244. The number of ether oxygens (including phenoxy) is 1. The van der Waals surface area contributed by atoms with Crippen LogP contribution >= 0.6 is 0 Å². The Hall–Kier alpha value is -1.06. The molecule has 1 rings (SSSR count). The molecule has 0 amide bonds. The monoisotopic (exact) mass is 186 g/mol. The van der Waals surface area contributed by atoms with E-state index in [2.05, 4.69) is 4.74 Å². The van der Waals surface area contributed by atoms with E-state index in [-0.39, 0.29) is 23.7 Å². The first-order valence-electron chi connectivity index (χ1n) is 4.21. The van der Waals surface area contributed by atoms with Crippen LogP contribution in [0.15, 0.2) is 0 Å². The van der Waals surface area contributed by atoms with Gasteiger partial charge in [-0.3, -0.25) is 9.59 Å². The van der Waals surface area contributed by atoms with Crippen molar-refractivity contribution in [2.24, 2.45) is 17.3 Å². The van der Waals surface area contributed by atoms with Gasteiger partial charge < -0.3 is 9.84 Å². The zero-order valence-electron chi connectivity index (χ0n) is 8.03. The molecule has 1 saturated carbocycles. The fourth-order valence-corrected chi connectivity index (χ4v) is 1.88. The molecular weight excluding hydrogens is 172 g/mol. The zero-order chi connectivity index (χ0) is 10.2. The Morgan fingerprint density at radius 2 is 2.00 bits per heavy atom. The van der Waals surface area contributed by atoms with E-state index < -0.39 is 11.9 Å². The number of hydrogen-bond donors (Lipinski definition) is 1. The molecule has 4 heteroatoms. The molecule has 74 valence electrons. The van der Waals surface area contributed by atoms with Crippen molar-refractivity contribution in [3.05, 3.63) is 0 Å². The summed E-state index contributed by atoms with van der Waals surface area (Å²) in [6, 6.07) is 0. The van der Waals surface area contributed by atoms with Crippen LogP contribution in [0.4, 0.5) is 0 Å². The highest BCUT2D eigenvalue weighted by atomic mass is 16.5. The Balaban J connectivity index is 2.56. The van der Waals surface area contributed by atoms with Gasteiger partial charge in [0, 0.05) is 6.42 Å². The fraction of sp³-hybridized carbons (Fsp3) is 0.778. The number of methoxy groups -OCH3 is 1. The summed E-state index contributed by atoms with van der Waals surface area (Å²) in [5.74, 6) is -1.62. The van der Waals surface area contributed by atoms with Crippen LogP contribution in [-0.4, -0.2) is 24.2 Å². The lowest BCUT2D eigenvalue weighted by molar-refractivity contribution is -0.141. The predicted molar refractivity (Wildman–Crippen MR) is 45.0 cm³/mol. The predicted octanol–water partition coefficient (Wildman–Crippen LogP) is 0.906. The molecule has 2 unspecified atom stereocenters. The highest BCUT2D eigenvalue weighted by Gasteiger charge is 2.62. The van der Waals surface area contributed by atoms with Crippen molar-refractivity contribution >= 4 is 11.9 Å². The first kappa shape index (κ1) is 10.0. The van der Waals surface area contributed by atoms with Crippen LogP contribution in [0.5, 0.6) is 0 Å². The van der Waals surface area contributed by atoms with Crippen molar-refractivity contribution in [2.75, 3.05) is 7.11 Å². The van der Waals surface area contributed by atoms with Gasteiger partial charge in [-0.15, -0.1) is 0 Å². The molecule has 0 heterocycles. The second-order valence-electron chi connectivity index (χ2n) is 4.02. The molecule has 0 aromatic heterocycles. The van der Waals surface area contributed by atoms with Crippen molar-refractivity contribution in [3.8, 4) is 0 Å². The molecule has 0 aliphatic heterocycles. The van der Waals surface area contributed by atoms with Gasteiger partial charge in [-0.05, 0) is 11.3 Å². The molecule has 2 atom stereocenters. The maximum absolute atomic E-state index is 10.9. The van der Waals surface area contributed by atoms with Crippen molar-refractivity contribution in [3.63, 3.8) is 0 Å². The fourth-order valence-electron chi connectivity index (χ4n) is 1.88. The van der Waals surface area contributed by atoms with Crippen molar-refractivity contribution in [2.45, 2.75) is 20.3 Å². The maximum atomic E-state index is 10.9. The van der Waals surface area contributed by atoms with Gasteiger partial charge in [0.15, 0.2) is 0 Å². The number of carboxylic acids is 1. The highest BCUT2D eigenvalue weighted by molar-refractivity contribution is 5.78. The van der Waals surface area contributed by atoms with Crippen LogP contribution in [0.1, 0.15) is 20.3 Å². The molecule has 0 bridgehead atoms. The zero-order valence-corrected chi connectivity index (χ0v) is 8.03. The molecular formula is C9H14O4. The minimum Gasteiger partial charge on any atom is -0.481 e. The van der Waals surface area contributed by atoms with E-state index >= 15 is 0 Å². The number of hydrogen-bond acceptors (Lipinski definition) is 3. The lowest BCUT2D eigenvalue weighted by Gasteiger charge is -1.99. The molecule has 0 aromatic carbocycles. The summed E-state index contributed by atoms with van der Waals surface area (Å²) in [6.45, 7) is 3.72. The normalized spacial score (nSPS) is 29.5. The van der Waals surface area contributed by atoms with Crippen molar-refractivity contribution in [1.82, 2.24) is 0 Å². The first-order valence-corrected chi connectivity index (χ1v) is 4.21. The topological polar surface area (TPSA) is 63.6 Å². The smallest absolute Gasteiger partial charge is 0.307 e. The van der Waals surface area contributed by atoms with Gasteiger partial charge in [-0.2, -0.15) is 0 Å². The van der Waals surface area contributed by atoms with Crippen LogP contribution in [-0.2, 0) is 14.3 Å². The average Bonchev–Trinajstić information content (AvgIpc) is 2.53. The standard InChI is InChI=1S/C9H14O4/c1-9(2)5(4-6(10)13-3)7(9)8(11)12/h5,7H,4H2,1-3H3,(H,11,12). The molecule has 0 radical (unpaired) electrons. The first-order chi connectivity index (χ1) is 5.91. The maximum Gasteiger partial charge on any atom is 0.307 e. The van der Waals surface area contributed by atoms with Crippen molar-refractivity contribution < 1.29 is 19.4 Å². The van der Waals surface area contributed by atoms with Gasteiger partial charge in [0.1, 0.15) is 0 Å². The molecule has 13 heavy (non-hydrogen) atoms. The number of esters is 1. The minimum atomic E-state index is -0.820. The molecule has 0 spiro atoms. The van der Waals surface area contributed by atoms with E-state index in [1.807, 2.05) is 13.8 Å². The molecule has 4 nitrogen and oxygen atoms in total. The quantitative estimate of drug-likeness (QED) is 0.665. The highest BCUT2D eigenvalue weighted by Crippen LogP contribution is 2.60.